The lowest BCUT2D eigenvalue weighted by molar-refractivity contribution is -0.129. The van der Waals surface area contributed by atoms with E-state index >= 15 is 0 Å². The summed E-state index contributed by atoms with van der Waals surface area (Å²) >= 11 is 1.65. The summed E-state index contributed by atoms with van der Waals surface area (Å²) in [6.45, 7) is 3.64. The van der Waals surface area contributed by atoms with Gasteiger partial charge in [-0.3, -0.25) is 4.79 Å². The lowest BCUT2D eigenvalue weighted by Crippen LogP contribution is -2.38. The number of hydrogen-bond donors (Lipinski definition) is 1. The van der Waals surface area contributed by atoms with E-state index < -0.39 is 0 Å². The Hall–Kier alpha value is -0.710. The second kappa shape index (κ2) is 10.1. The van der Waals surface area contributed by atoms with E-state index in [2.05, 4.69) is 12.2 Å². The highest BCUT2D eigenvalue weighted by Gasteiger charge is 2.20. The van der Waals surface area contributed by atoms with E-state index in [-0.39, 0.29) is 23.6 Å². The first-order chi connectivity index (χ1) is 8.69. The van der Waals surface area contributed by atoms with Crippen LogP contribution in [0.5, 0.6) is 0 Å². The van der Waals surface area contributed by atoms with E-state index in [1.165, 1.54) is 0 Å². The topological polar surface area (TPSA) is 32.3 Å². The van der Waals surface area contributed by atoms with Gasteiger partial charge in [-0.25, -0.2) is 0 Å². The maximum atomic E-state index is 12.3. The van der Waals surface area contributed by atoms with E-state index in [1.807, 2.05) is 44.4 Å². The van der Waals surface area contributed by atoms with Gasteiger partial charge in [0.15, 0.2) is 0 Å². The normalized spacial score (nSPS) is 11.5. The fourth-order valence-electron chi connectivity index (χ4n) is 1.61. The van der Waals surface area contributed by atoms with E-state index in [0.29, 0.717) is 0 Å². The molecule has 0 saturated heterocycles. The second-order valence-electron chi connectivity index (χ2n) is 4.19. The molecule has 5 heteroatoms. The van der Waals surface area contributed by atoms with Gasteiger partial charge in [0.25, 0.3) is 0 Å². The van der Waals surface area contributed by atoms with Crippen LogP contribution in [0, 0.1) is 0 Å². The number of nitrogens with one attached hydrogen (secondary N) is 1. The average molecular weight is 303 g/mol. The lowest BCUT2D eigenvalue weighted by atomic mass is 10.3. The molecule has 1 aromatic rings. The van der Waals surface area contributed by atoms with Crippen molar-refractivity contribution in [2.75, 3.05) is 27.2 Å². The summed E-state index contributed by atoms with van der Waals surface area (Å²) in [4.78, 5) is 15.2. The summed E-state index contributed by atoms with van der Waals surface area (Å²) in [7, 11) is 3.77. The molecule has 1 rings (SSSR count). The zero-order chi connectivity index (χ0) is 13.4. The molecule has 0 aliphatic carbocycles. The Kier molecular flexibility index (Phi) is 9.74. The Balaban J connectivity index is 0.00000324. The van der Waals surface area contributed by atoms with Crippen molar-refractivity contribution in [3.63, 3.8) is 0 Å². The maximum absolute atomic E-state index is 12.3. The van der Waals surface area contributed by atoms with Crippen LogP contribution in [0.3, 0.4) is 0 Å². The van der Waals surface area contributed by atoms with Gasteiger partial charge in [0.2, 0.25) is 5.91 Å². The quantitative estimate of drug-likeness (QED) is 0.786. The molecule has 1 N–H and O–H groups in total. The highest BCUT2D eigenvalue weighted by atomic mass is 35.5. The summed E-state index contributed by atoms with van der Waals surface area (Å²) in [6, 6.07) is 10.1. The van der Waals surface area contributed by atoms with Crippen LogP contribution >= 0.6 is 24.2 Å². The Morgan fingerprint density at radius 1 is 1.37 bits per heavy atom. The van der Waals surface area contributed by atoms with Gasteiger partial charge in [-0.15, -0.1) is 24.2 Å². The third-order valence-electron chi connectivity index (χ3n) is 2.74. The number of benzene rings is 1. The van der Waals surface area contributed by atoms with Gasteiger partial charge in [-0.2, -0.15) is 0 Å². The molecule has 0 radical (unpaired) electrons. The zero-order valence-electron chi connectivity index (χ0n) is 11.8. The van der Waals surface area contributed by atoms with Crippen molar-refractivity contribution >= 4 is 30.1 Å². The Bertz CT molecular complexity index is 362. The highest BCUT2D eigenvalue weighted by molar-refractivity contribution is 8.00. The SMILES string of the molecule is CCC(Sc1ccccc1)C(=O)N(C)CCNC.Cl. The number of likely N-dealkylation sites (N-methyl/N-ethyl adjacent to an activating group) is 2. The minimum Gasteiger partial charge on any atom is -0.344 e. The van der Waals surface area contributed by atoms with Crippen molar-refractivity contribution in [2.45, 2.75) is 23.5 Å². The number of rotatable bonds is 7. The third-order valence-corrected chi connectivity index (χ3v) is 4.11. The molecule has 3 nitrogen and oxygen atoms in total. The van der Waals surface area contributed by atoms with Gasteiger partial charge in [0.05, 0.1) is 5.25 Å². The van der Waals surface area contributed by atoms with Crippen LogP contribution in [-0.4, -0.2) is 43.2 Å². The van der Waals surface area contributed by atoms with Crippen molar-refractivity contribution in [2.24, 2.45) is 0 Å². The molecule has 1 aromatic carbocycles. The molecule has 0 spiro atoms. The van der Waals surface area contributed by atoms with Crippen molar-refractivity contribution in [1.29, 1.82) is 0 Å². The highest BCUT2D eigenvalue weighted by Crippen LogP contribution is 2.26. The molecule has 0 aromatic heterocycles. The van der Waals surface area contributed by atoms with Crippen molar-refractivity contribution in [3.8, 4) is 0 Å². The van der Waals surface area contributed by atoms with E-state index in [9.17, 15) is 4.79 Å². The monoisotopic (exact) mass is 302 g/mol. The fraction of sp³-hybridized carbons (Fsp3) is 0.500. The van der Waals surface area contributed by atoms with Gasteiger partial charge in [0.1, 0.15) is 0 Å². The number of hydrogen-bond acceptors (Lipinski definition) is 3. The van der Waals surface area contributed by atoms with Gasteiger partial charge in [-0.05, 0) is 25.6 Å². The smallest absolute Gasteiger partial charge is 0.235 e. The summed E-state index contributed by atoms with van der Waals surface area (Å²) < 4.78 is 0. The van der Waals surface area contributed by atoms with Gasteiger partial charge < -0.3 is 10.2 Å². The van der Waals surface area contributed by atoms with Crippen LogP contribution in [-0.2, 0) is 4.79 Å². The minimum absolute atomic E-state index is 0. The molecule has 1 amide bonds. The lowest BCUT2D eigenvalue weighted by Gasteiger charge is -2.22. The van der Waals surface area contributed by atoms with E-state index in [4.69, 9.17) is 0 Å². The number of carbonyl (C=O) groups excluding carboxylic acids is 1. The first-order valence-corrected chi connectivity index (χ1v) is 7.18. The Morgan fingerprint density at radius 3 is 2.53 bits per heavy atom. The van der Waals surface area contributed by atoms with Gasteiger partial charge in [0, 0.05) is 25.0 Å². The Morgan fingerprint density at radius 2 is 2.00 bits per heavy atom. The average Bonchev–Trinajstić information content (AvgIpc) is 2.42. The van der Waals surface area contributed by atoms with Gasteiger partial charge >= 0.3 is 0 Å². The molecule has 0 bridgehead atoms. The van der Waals surface area contributed by atoms with E-state index in [0.717, 1.165) is 24.4 Å². The largest absolute Gasteiger partial charge is 0.344 e. The standard InChI is InChI=1S/C14H22N2OS.ClH/c1-4-13(14(17)16(3)11-10-15-2)18-12-8-6-5-7-9-12;/h5-9,13,15H,4,10-11H2,1-3H3;1H. The Labute approximate surface area is 126 Å². The number of halogens is 1. The first-order valence-electron chi connectivity index (χ1n) is 6.30. The second-order valence-corrected chi connectivity index (χ2v) is 5.47. The molecular weight excluding hydrogens is 280 g/mol. The minimum atomic E-state index is 0. The van der Waals surface area contributed by atoms with Crippen LogP contribution < -0.4 is 5.32 Å². The van der Waals surface area contributed by atoms with E-state index in [1.54, 1.807) is 16.7 Å². The van der Waals surface area contributed by atoms with Crippen LogP contribution in [0.2, 0.25) is 0 Å². The van der Waals surface area contributed by atoms with Crippen molar-refractivity contribution in [3.05, 3.63) is 30.3 Å². The fourth-order valence-corrected chi connectivity index (χ4v) is 2.70. The molecule has 108 valence electrons. The molecule has 19 heavy (non-hydrogen) atoms. The summed E-state index contributed by atoms with van der Waals surface area (Å²) in [5.41, 5.74) is 0. The molecule has 0 saturated carbocycles. The molecule has 0 aliphatic heterocycles. The summed E-state index contributed by atoms with van der Waals surface area (Å²) in [5.74, 6) is 0.210. The van der Waals surface area contributed by atoms with Crippen molar-refractivity contribution in [1.82, 2.24) is 10.2 Å². The van der Waals surface area contributed by atoms with Crippen LogP contribution in [0.1, 0.15) is 13.3 Å². The third kappa shape index (κ3) is 6.32. The van der Waals surface area contributed by atoms with Crippen molar-refractivity contribution < 1.29 is 4.79 Å². The maximum Gasteiger partial charge on any atom is 0.235 e. The number of thioether (sulfide) groups is 1. The van der Waals surface area contributed by atoms with Crippen LogP contribution in [0.4, 0.5) is 0 Å². The molecule has 1 atom stereocenters. The van der Waals surface area contributed by atoms with Gasteiger partial charge in [-0.1, -0.05) is 25.1 Å². The van der Waals surface area contributed by atoms with Crippen LogP contribution in [0.15, 0.2) is 35.2 Å². The molecular formula is C14H23ClN2OS. The summed E-state index contributed by atoms with van der Waals surface area (Å²) in [6.07, 6.45) is 0.849. The molecule has 0 aliphatic rings. The first kappa shape index (κ1) is 18.3. The predicted molar refractivity (Wildman–Crippen MR) is 85.2 cm³/mol. The predicted octanol–water partition coefficient (Wildman–Crippen LogP) is 2.66. The summed E-state index contributed by atoms with van der Waals surface area (Å²) in [5, 5.41) is 3.07. The van der Waals surface area contributed by atoms with Crippen LogP contribution in [0.25, 0.3) is 0 Å². The molecule has 0 heterocycles. The zero-order valence-corrected chi connectivity index (χ0v) is 13.4. The molecule has 0 fully saturated rings. The number of nitrogens with zero attached hydrogens (tertiary/aromatic N) is 1. The number of amides is 1. The molecule has 1 unspecified atom stereocenters. The number of carbonyl (C=O) groups is 1.